The van der Waals surface area contributed by atoms with Gasteiger partial charge in [-0.2, -0.15) is 0 Å². The molecule has 0 fully saturated rings. The second-order valence-corrected chi connectivity index (χ2v) is 8.15. The molecular formula is C27H55NO13. The molecule has 14 nitrogen and oxygen atoms in total. The standard InChI is InChI=1S/C27H55NO13/c1-2-30-5-6-32-9-10-34-13-14-36-17-18-38-21-22-40-25-26-41-24-23-39-20-19-37-16-15-35-12-11-33-8-7-31-4-3-27(28)29/h2-26H2,1H3,(H2,28,29). The number of nitrogens with two attached hydrogens (primary N) is 1. The van der Waals surface area contributed by atoms with E-state index in [1.807, 2.05) is 6.92 Å². The van der Waals surface area contributed by atoms with Crippen LogP contribution in [-0.2, 0) is 61.6 Å². The molecule has 246 valence electrons. The molecule has 0 heterocycles. The van der Waals surface area contributed by atoms with E-state index in [4.69, 9.17) is 62.6 Å². The highest BCUT2D eigenvalue weighted by molar-refractivity contribution is 5.73. The molecule has 0 saturated carbocycles. The van der Waals surface area contributed by atoms with E-state index in [0.29, 0.717) is 159 Å². The van der Waals surface area contributed by atoms with Crippen LogP contribution in [0.15, 0.2) is 0 Å². The van der Waals surface area contributed by atoms with Crippen molar-refractivity contribution in [1.82, 2.24) is 0 Å². The van der Waals surface area contributed by atoms with E-state index in [9.17, 15) is 4.79 Å². The first-order chi connectivity index (χ1) is 20.3. The Kier molecular flexibility index (Phi) is 36.1. The van der Waals surface area contributed by atoms with Crippen molar-refractivity contribution in [3.63, 3.8) is 0 Å². The lowest BCUT2D eigenvalue weighted by Crippen LogP contribution is -2.16. The third-order valence-corrected chi connectivity index (χ3v) is 4.79. The molecule has 0 saturated heterocycles. The zero-order valence-electron chi connectivity index (χ0n) is 25.1. The van der Waals surface area contributed by atoms with Crippen LogP contribution >= 0.6 is 0 Å². The van der Waals surface area contributed by atoms with Gasteiger partial charge in [-0.3, -0.25) is 4.79 Å². The number of carbonyl (C=O) groups is 1. The molecule has 0 aromatic heterocycles. The van der Waals surface area contributed by atoms with Crippen molar-refractivity contribution in [2.75, 3.05) is 159 Å². The van der Waals surface area contributed by atoms with Crippen LogP contribution in [0, 0.1) is 0 Å². The maximum Gasteiger partial charge on any atom is 0.219 e. The predicted molar refractivity (Wildman–Crippen MR) is 149 cm³/mol. The summed E-state index contributed by atoms with van der Waals surface area (Å²) in [6.07, 6.45) is 0.221. The molecule has 14 heteroatoms. The normalized spacial score (nSPS) is 11.4. The first-order valence-corrected chi connectivity index (χ1v) is 14.5. The molecule has 0 radical (unpaired) electrons. The van der Waals surface area contributed by atoms with Crippen molar-refractivity contribution in [2.24, 2.45) is 5.73 Å². The Bertz CT molecular complexity index is 506. The summed E-state index contributed by atoms with van der Waals surface area (Å²) in [5, 5.41) is 0. The number of ether oxygens (including phenoxy) is 12. The number of carbonyl (C=O) groups excluding carboxylic acids is 1. The van der Waals surface area contributed by atoms with Crippen LogP contribution in [0.5, 0.6) is 0 Å². The van der Waals surface area contributed by atoms with Crippen LogP contribution in [0.25, 0.3) is 0 Å². The maximum absolute atomic E-state index is 10.5. The Hall–Kier alpha value is -1.01. The highest BCUT2D eigenvalue weighted by Crippen LogP contribution is 1.87. The molecule has 0 aliphatic heterocycles. The summed E-state index contributed by atoms with van der Waals surface area (Å²) in [6.45, 7) is 14.2. The lowest BCUT2D eigenvalue weighted by Gasteiger charge is -2.09. The van der Waals surface area contributed by atoms with Crippen molar-refractivity contribution in [3.8, 4) is 0 Å². The van der Waals surface area contributed by atoms with Crippen LogP contribution in [0.1, 0.15) is 13.3 Å². The second kappa shape index (κ2) is 37.0. The quantitative estimate of drug-likeness (QED) is 0.0957. The molecule has 0 bridgehead atoms. The van der Waals surface area contributed by atoms with Crippen molar-refractivity contribution >= 4 is 5.91 Å². The fourth-order valence-corrected chi connectivity index (χ4v) is 2.74. The minimum absolute atomic E-state index is 0.221. The minimum Gasteiger partial charge on any atom is -0.379 e. The molecule has 0 atom stereocenters. The van der Waals surface area contributed by atoms with Gasteiger partial charge in [0.15, 0.2) is 0 Å². The van der Waals surface area contributed by atoms with Crippen molar-refractivity contribution in [3.05, 3.63) is 0 Å². The van der Waals surface area contributed by atoms with Gasteiger partial charge in [-0.1, -0.05) is 0 Å². The third-order valence-electron chi connectivity index (χ3n) is 4.79. The van der Waals surface area contributed by atoms with Crippen molar-refractivity contribution in [2.45, 2.75) is 13.3 Å². The number of rotatable bonds is 37. The van der Waals surface area contributed by atoms with Crippen LogP contribution in [0.3, 0.4) is 0 Å². The Balaban J connectivity index is 3.03. The van der Waals surface area contributed by atoms with Gasteiger partial charge in [0.25, 0.3) is 0 Å². The largest absolute Gasteiger partial charge is 0.379 e. The van der Waals surface area contributed by atoms with E-state index in [2.05, 4.69) is 0 Å². The van der Waals surface area contributed by atoms with E-state index in [-0.39, 0.29) is 12.3 Å². The van der Waals surface area contributed by atoms with Gasteiger partial charge in [0.1, 0.15) is 0 Å². The van der Waals surface area contributed by atoms with Gasteiger partial charge < -0.3 is 62.6 Å². The molecule has 0 unspecified atom stereocenters. The summed E-state index contributed by atoms with van der Waals surface area (Å²) in [4.78, 5) is 10.5. The van der Waals surface area contributed by atoms with Crippen LogP contribution in [0.2, 0.25) is 0 Å². The lowest BCUT2D eigenvalue weighted by atomic mass is 10.4. The van der Waals surface area contributed by atoms with E-state index in [0.717, 1.165) is 0 Å². The molecule has 0 spiro atoms. The average Bonchev–Trinajstić information content (AvgIpc) is 2.97. The van der Waals surface area contributed by atoms with E-state index in [1.165, 1.54) is 0 Å². The molecule has 0 aliphatic carbocycles. The summed E-state index contributed by atoms with van der Waals surface area (Å²) in [5.74, 6) is -0.373. The highest BCUT2D eigenvalue weighted by atomic mass is 16.6. The predicted octanol–water partition coefficient (Wildman–Crippen LogP) is 0.0809. The number of primary amides is 1. The Morgan fingerprint density at radius 2 is 0.512 bits per heavy atom. The van der Waals surface area contributed by atoms with E-state index < -0.39 is 0 Å². The molecule has 1 amide bonds. The molecule has 0 aromatic carbocycles. The number of hydrogen-bond acceptors (Lipinski definition) is 13. The summed E-state index contributed by atoms with van der Waals surface area (Å²) in [5.41, 5.74) is 5.01. The summed E-state index contributed by atoms with van der Waals surface area (Å²) < 4.78 is 64.5. The summed E-state index contributed by atoms with van der Waals surface area (Å²) >= 11 is 0. The molecule has 0 rings (SSSR count). The van der Waals surface area contributed by atoms with Crippen LogP contribution in [0.4, 0.5) is 0 Å². The molecule has 41 heavy (non-hydrogen) atoms. The molecule has 2 N–H and O–H groups in total. The van der Waals surface area contributed by atoms with Crippen LogP contribution in [-0.4, -0.2) is 164 Å². The third kappa shape index (κ3) is 39.0. The Labute approximate surface area is 245 Å². The zero-order chi connectivity index (χ0) is 29.7. The van der Waals surface area contributed by atoms with E-state index >= 15 is 0 Å². The van der Waals surface area contributed by atoms with E-state index in [1.54, 1.807) is 0 Å². The monoisotopic (exact) mass is 601 g/mol. The highest BCUT2D eigenvalue weighted by Gasteiger charge is 1.97. The maximum atomic E-state index is 10.5. The second-order valence-electron chi connectivity index (χ2n) is 8.15. The smallest absolute Gasteiger partial charge is 0.219 e. The fraction of sp³-hybridized carbons (Fsp3) is 0.963. The average molecular weight is 602 g/mol. The van der Waals surface area contributed by atoms with Gasteiger partial charge in [0, 0.05) is 13.0 Å². The van der Waals surface area contributed by atoms with Gasteiger partial charge >= 0.3 is 0 Å². The molecular weight excluding hydrogens is 546 g/mol. The van der Waals surface area contributed by atoms with Gasteiger partial charge in [0.05, 0.1) is 152 Å². The first-order valence-electron chi connectivity index (χ1n) is 14.5. The number of amides is 1. The first kappa shape index (κ1) is 40.0. The number of hydrogen-bond donors (Lipinski definition) is 1. The topological polar surface area (TPSA) is 154 Å². The molecule has 0 aromatic rings. The van der Waals surface area contributed by atoms with Crippen molar-refractivity contribution in [1.29, 1.82) is 0 Å². The fourth-order valence-electron chi connectivity index (χ4n) is 2.74. The molecule has 0 aliphatic rings. The summed E-state index contributed by atoms with van der Waals surface area (Å²) in [6, 6.07) is 0. The van der Waals surface area contributed by atoms with Gasteiger partial charge in [-0.25, -0.2) is 0 Å². The Morgan fingerprint density at radius 3 is 0.683 bits per heavy atom. The lowest BCUT2D eigenvalue weighted by molar-refractivity contribution is -0.119. The van der Waals surface area contributed by atoms with Gasteiger partial charge in [-0.05, 0) is 6.92 Å². The van der Waals surface area contributed by atoms with Gasteiger partial charge in [0.2, 0.25) is 5.91 Å². The minimum atomic E-state index is -0.373. The Morgan fingerprint density at radius 1 is 0.341 bits per heavy atom. The van der Waals surface area contributed by atoms with Gasteiger partial charge in [-0.15, -0.1) is 0 Å². The van der Waals surface area contributed by atoms with Crippen LogP contribution < -0.4 is 5.73 Å². The van der Waals surface area contributed by atoms with Crippen molar-refractivity contribution < 1.29 is 61.6 Å². The summed E-state index contributed by atoms with van der Waals surface area (Å²) in [7, 11) is 0. The SMILES string of the molecule is CCOCCOCCOCCOCCOCCOCCOCCOCCOCCOCCOCCOCCC(N)=O. The zero-order valence-corrected chi connectivity index (χ0v) is 25.1.